The Morgan fingerprint density at radius 3 is 2.12 bits per heavy atom. The fraction of sp³-hybridized carbons (Fsp3) is 0.455. The van der Waals surface area contributed by atoms with Crippen LogP contribution in [0.2, 0.25) is 0 Å². The summed E-state index contributed by atoms with van der Waals surface area (Å²) in [7, 11) is 0. The summed E-state index contributed by atoms with van der Waals surface area (Å²) in [5.41, 5.74) is -3.19. The number of alkyl halides is 6. The van der Waals surface area contributed by atoms with Crippen molar-refractivity contribution in [2.24, 2.45) is 0 Å². The topological polar surface area (TPSA) is 64.4 Å². The summed E-state index contributed by atoms with van der Waals surface area (Å²) >= 11 is 0. The van der Waals surface area contributed by atoms with Crippen LogP contribution >= 0.6 is 0 Å². The van der Waals surface area contributed by atoms with Gasteiger partial charge in [0.1, 0.15) is 0 Å². The maximum atomic E-state index is 13.2. The van der Waals surface area contributed by atoms with Gasteiger partial charge < -0.3 is 4.74 Å². The van der Waals surface area contributed by atoms with Crippen LogP contribution in [0.4, 0.5) is 26.3 Å². The molecule has 0 spiro atoms. The lowest BCUT2D eigenvalue weighted by Gasteiger charge is -2.40. The summed E-state index contributed by atoms with van der Waals surface area (Å²) in [6, 6.07) is 9.47. The van der Waals surface area contributed by atoms with Crippen LogP contribution in [-0.2, 0) is 22.6 Å². The highest BCUT2D eigenvalue weighted by molar-refractivity contribution is 5.35. The highest BCUT2D eigenvalue weighted by Gasteiger charge is 2.41. The first-order chi connectivity index (χ1) is 15.3. The molecule has 1 heterocycles. The molecule has 0 radical (unpaired) electrons. The molecule has 1 N–H and O–H groups in total. The molecule has 180 valence electrons. The van der Waals surface area contributed by atoms with Crippen molar-refractivity contribution in [1.29, 1.82) is 0 Å². The molecule has 0 bridgehead atoms. The quantitative estimate of drug-likeness (QED) is 0.329. The highest BCUT2D eigenvalue weighted by atomic mass is 19.4. The minimum Gasteiger partial charge on any atom is -0.372 e. The number of nitrogens with one attached hydrogen (secondary N) is 1. The molecular weight excluding hydrogens is 454 g/mol. The van der Waals surface area contributed by atoms with E-state index in [1.165, 1.54) is 6.92 Å². The molecule has 33 heavy (non-hydrogen) atoms. The molecule has 0 aromatic heterocycles. The lowest BCUT2D eigenvalue weighted by Crippen LogP contribution is -2.54. The van der Waals surface area contributed by atoms with Gasteiger partial charge in [-0.1, -0.05) is 30.3 Å². The number of ether oxygens (including phenoxy) is 1. The number of piperidine rings is 1. The molecule has 3 atom stereocenters. The zero-order valence-corrected chi connectivity index (χ0v) is 17.5. The van der Waals surface area contributed by atoms with Crippen molar-refractivity contribution in [2.45, 2.75) is 49.8 Å². The first kappa shape index (κ1) is 25.0. The predicted octanol–water partition coefficient (Wildman–Crippen LogP) is 5.73. The highest BCUT2D eigenvalue weighted by Crippen LogP contribution is 2.39. The van der Waals surface area contributed by atoms with E-state index in [9.17, 15) is 36.5 Å². The second kappa shape index (κ2) is 9.30. The lowest BCUT2D eigenvalue weighted by molar-refractivity contribution is -0.524. The van der Waals surface area contributed by atoms with Crippen LogP contribution in [0, 0.1) is 10.1 Å². The third-order valence-corrected chi connectivity index (χ3v) is 5.86. The number of rotatable bonds is 6. The van der Waals surface area contributed by atoms with Crippen LogP contribution in [0.15, 0.2) is 48.5 Å². The van der Waals surface area contributed by atoms with Crippen LogP contribution in [0.3, 0.4) is 0 Å². The second-order valence-corrected chi connectivity index (χ2v) is 8.10. The maximum absolute atomic E-state index is 13.2. The molecule has 0 saturated carbocycles. The Kier molecular flexibility index (Phi) is 7.04. The molecule has 1 aliphatic rings. The Labute approximate surface area is 185 Å². The Bertz CT molecular complexity index is 938. The van der Waals surface area contributed by atoms with Crippen molar-refractivity contribution < 1.29 is 36.0 Å². The minimum atomic E-state index is -4.95. The van der Waals surface area contributed by atoms with Crippen molar-refractivity contribution in [3.63, 3.8) is 0 Å². The minimum absolute atomic E-state index is 0.0570. The fourth-order valence-electron chi connectivity index (χ4n) is 3.88. The van der Waals surface area contributed by atoms with Gasteiger partial charge in [0.25, 0.3) is 0 Å². The van der Waals surface area contributed by atoms with Gasteiger partial charge in [-0.05, 0) is 42.7 Å². The standard InChI is InChI=1S/C22H22F6N2O3/c1-14(15-9-17(21(23,24)25)11-18(10-15)22(26,27)28)33-13-20(16-5-3-2-4-6-16)8-7-19(12-29-20)30(31)32/h2-6,9-11,14,19,29H,7-8,12-13H2,1H3/t14-,19-,20-/m1/s1. The summed E-state index contributed by atoms with van der Waals surface area (Å²) in [4.78, 5) is 10.7. The molecule has 0 aliphatic carbocycles. The molecule has 2 aromatic rings. The molecule has 11 heteroatoms. The number of hydrogen-bond donors (Lipinski definition) is 1. The monoisotopic (exact) mass is 476 g/mol. The van der Waals surface area contributed by atoms with Gasteiger partial charge in [-0.25, -0.2) is 0 Å². The Hall–Kier alpha value is -2.66. The zero-order valence-electron chi connectivity index (χ0n) is 17.5. The van der Waals surface area contributed by atoms with Crippen molar-refractivity contribution in [3.8, 4) is 0 Å². The molecule has 3 rings (SSSR count). The third-order valence-electron chi connectivity index (χ3n) is 5.86. The number of nitro groups is 1. The lowest BCUT2D eigenvalue weighted by atomic mass is 9.81. The van der Waals surface area contributed by atoms with Crippen LogP contribution in [0.5, 0.6) is 0 Å². The number of nitrogens with zero attached hydrogens (tertiary/aromatic N) is 1. The summed E-state index contributed by atoms with van der Waals surface area (Å²) < 4.78 is 84.9. The maximum Gasteiger partial charge on any atom is 0.416 e. The van der Waals surface area contributed by atoms with Gasteiger partial charge in [-0.2, -0.15) is 26.3 Å². The summed E-state index contributed by atoms with van der Waals surface area (Å²) in [5, 5.41) is 14.3. The first-order valence-corrected chi connectivity index (χ1v) is 10.2. The number of benzene rings is 2. The van der Waals surface area contributed by atoms with Crippen molar-refractivity contribution in [2.75, 3.05) is 13.2 Å². The Morgan fingerprint density at radius 1 is 1.09 bits per heavy atom. The number of halogens is 6. The summed E-state index contributed by atoms with van der Waals surface area (Å²) in [5.74, 6) is 0. The molecule has 1 saturated heterocycles. The Morgan fingerprint density at radius 2 is 1.67 bits per heavy atom. The van der Waals surface area contributed by atoms with Gasteiger partial charge >= 0.3 is 12.4 Å². The molecule has 2 aromatic carbocycles. The molecular formula is C22H22F6N2O3. The van der Waals surface area contributed by atoms with E-state index in [0.29, 0.717) is 18.6 Å². The van der Waals surface area contributed by atoms with Gasteiger partial charge in [0.2, 0.25) is 6.04 Å². The molecule has 1 fully saturated rings. The summed E-state index contributed by atoms with van der Waals surface area (Å²) in [6.07, 6.45) is -10.4. The second-order valence-electron chi connectivity index (χ2n) is 8.10. The van der Waals surface area contributed by atoms with Crippen LogP contribution < -0.4 is 5.32 Å². The average Bonchev–Trinajstić information content (AvgIpc) is 2.76. The van der Waals surface area contributed by atoms with E-state index in [0.717, 1.165) is 5.56 Å². The van der Waals surface area contributed by atoms with Gasteiger partial charge in [0.15, 0.2) is 0 Å². The SMILES string of the molecule is C[C@@H](OC[C@@]1(c2ccccc2)CC[C@@H]([N+](=O)[O-])CN1)c1cc(C(F)(F)F)cc(C(F)(F)F)c1. The molecule has 0 amide bonds. The normalized spacial score (nSPS) is 22.7. The number of hydrogen-bond acceptors (Lipinski definition) is 4. The first-order valence-electron chi connectivity index (χ1n) is 10.2. The van der Waals surface area contributed by atoms with Gasteiger partial charge in [0.05, 0.1) is 35.9 Å². The Balaban J connectivity index is 1.87. The average molecular weight is 476 g/mol. The third kappa shape index (κ3) is 5.83. The van der Waals surface area contributed by atoms with E-state index < -0.39 is 41.2 Å². The van der Waals surface area contributed by atoms with Crippen molar-refractivity contribution in [3.05, 3.63) is 80.9 Å². The van der Waals surface area contributed by atoms with Crippen molar-refractivity contribution >= 4 is 0 Å². The van der Waals surface area contributed by atoms with Crippen molar-refractivity contribution in [1.82, 2.24) is 5.32 Å². The van der Waals surface area contributed by atoms with E-state index in [1.807, 2.05) is 0 Å². The zero-order chi connectivity index (χ0) is 24.4. The van der Waals surface area contributed by atoms with E-state index >= 15 is 0 Å². The summed E-state index contributed by atoms with van der Waals surface area (Å²) in [6.45, 7) is 1.33. The predicted molar refractivity (Wildman–Crippen MR) is 107 cm³/mol. The van der Waals surface area contributed by atoms with Gasteiger partial charge in [-0.15, -0.1) is 0 Å². The van der Waals surface area contributed by atoms with Gasteiger partial charge in [-0.3, -0.25) is 15.4 Å². The van der Waals surface area contributed by atoms with Gasteiger partial charge in [0, 0.05) is 11.3 Å². The molecule has 0 unspecified atom stereocenters. The molecule has 1 aliphatic heterocycles. The van der Waals surface area contributed by atoms with Crippen LogP contribution in [0.1, 0.15) is 48.1 Å². The largest absolute Gasteiger partial charge is 0.416 e. The molecule has 5 nitrogen and oxygen atoms in total. The van der Waals surface area contributed by atoms with E-state index in [2.05, 4.69) is 5.32 Å². The smallest absolute Gasteiger partial charge is 0.372 e. The van der Waals surface area contributed by atoms with Crippen LogP contribution in [0.25, 0.3) is 0 Å². The van der Waals surface area contributed by atoms with Crippen LogP contribution in [-0.4, -0.2) is 24.1 Å². The van der Waals surface area contributed by atoms with E-state index in [-0.39, 0.29) is 36.1 Å². The van der Waals surface area contributed by atoms with E-state index in [1.54, 1.807) is 30.3 Å². The van der Waals surface area contributed by atoms with E-state index in [4.69, 9.17) is 4.74 Å². The fourth-order valence-corrected chi connectivity index (χ4v) is 3.88.